The molecule has 5 rings (SSSR count). The Labute approximate surface area is 203 Å². The van der Waals surface area contributed by atoms with Gasteiger partial charge in [0.2, 0.25) is 5.95 Å². The summed E-state index contributed by atoms with van der Waals surface area (Å²) in [5, 5.41) is 8.10. The van der Waals surface area contributed by atoms with Crippen LogP contribution in [0.1, 0.15) is 12.8 Å². The average Bonchev–Trinajstić information content (AvgIpc) is 3.21. The van der Waals surface area contributed by atoms with Gasteiger partial charge in [-0.15, -0.1) is 5.10 Å². The van der Waals surface area contributed by atoms with Gasteiger partial charge in [0.15, 0.2) is 0 Å². The lowest BCUT2D eigenvalue weighted by molar-refractivity contribution is -0.143. The predicted molar refractivity (Wildman–Crippen MR) is 120 cm³/mol. The van der Waals surface area contributed by atoms with E-state index in [-0.39, 0.29) is 35.6 Å². The van der Waals surface area contributed by atoms with Crippen molar-refractivity contribution in [1.29, 1.82) is 0 Å². The van der Waals surface area contributed by atoms with Crippen molar-refractivity contribution in [2.24, 2.45) is 11.8 Å². The molecule has 2 fully saturated rings. The van der Waals surface area contributed by atoms with Gasteiger partial charge in [0, 0.05) is 30.2 Å². The minimum atomic E-state index is -4.49. The second-order valence-electron chi connectivity index (χ2n) is 8.42. The highest BCUT2D eigenvalue weighted by atomic mass is 35.5. The van der Waals surface area contributed by atoms with E-state index >= 15 is 0 Å². The first kappa shape index (κ1) is 23.0. The lowest BCUT2D eigenvalue weighted by atomic mass is 9.92. The Bertz CT molecular complexity index is 1160. The van der Waals surface area contributed by atoms with E-state index < -0.39 is 12.7 Å². The van der Waals surface area contributed by atoms with Crippen LogP contribution in [-0.2, 0) is 6.54 Å². The molecule has 3 atom stereocenters. The predicted octanol–water partition coefficient (Wildman–Crippen LogP) is 5.06. The molecule has 1 saturated heterocycles. The molecule has 34 heavy (non-hydrogen) atoms. The van der Waals surface area contributed by atoms with Crippen molar-refractivity contribution in [2.75, 3.05) is 23.3 Å². The second-order valence-corrected chi connectivity index (χ2v) is 9.25. The number of alkyl halides is 3. The molecule has 13 heteroatoms. The van der Waals surface area contributed by atoms with Gasteiger partial charge in [0.1, 0.15) is 29.6 Å². The number of nitrogens with zero attached hydrogens (tertiary/aromatic N) is 6. The molecule has 3 heterocycles. The van der Waals surface area contributed by atoms with Gasteiger partial charge in [-0.3, -0.25) is 0 Å². The van der Waals surface area contributed by atoms with E-state index in [2.05, 4.69) is 30.3 Å². The molecule has 2 aromatic heterocycles. The molecule has 2 bridgehead atoms. The van der Waals surface area contributed by atoms with Gasteiger partial charge in [-0.1, -0.05) is 29.3 Å². The minimum absolute atomic E-state index is 0.0225. The largest absolute Gasteiger partial charge is 0.424 e. The Morgan fingerprint density at radius 3 is 2.53 bits per heavy atom. The van der Waals surface area contributed by atoms with Crippen LogP contribution in [0.25, 0.3) is 0 Å². The molecule has 0 unspecified atom stereocenters. The summed E-state index contributed by atoms with van der Waals surface area (Å²) in [6.45, 7) is 0.143. The van der Waals surface area contributed by atoms with Gasteiger partial charge >= 0.3 is 12.2 Å². The zero-order valence-corrected chi connectivity index (χ0v) is 19.2. The maximum Gasteiger partial charge on any atom is 0.408 e. The van der Waals surface area contributed by atoms with Crippen LogP contribution in [0.2, 0.25) is 10.2 Å². The van der Waals surface area contributed by atoms with Crippen LogP contribution in [0.4, 0.5) is 24.9 Å². The fourth-order valence-electron chi connectivity index (χ4n) is 4.66. The first-order chi connectivity index (χ1) is 16.2. The zero-order chi connectivity index (χ0) is 23.9. The van der Waals surface area contributed by atoms with E-state index in [0.29, 0.717) is 14.9 Å². The smallest absolute Gasteiger partial charge is 0.408 e. The number of fused-ring (bicyclic) bond motifs is 2. The number of nitrogens with one attached hydrogen (secondary N) is 1. The fourth-order valence-corrected chi connectivity index (χ4v) is 4.99. The minimum Gasteiger partial charge on any atom is -0.424 e. The standard InChI is InChI=1S/C21H20Cl2F3N7O/c22-14-2-1-3-15(6-14)34-20-30-19(31-33(20)10-21(24,25)26)29-18-12-4-5-13(18)9-32(8-12)17-7-16(23)27-11-28-17/h1-3,6-7,11-13,18H,4-5,8-10H2,(H,29,31)/t12-,13+,18-. The Morgan fingerprint density at radius 2 is 1.85 bits per heavy atom. The number of aromatic nitrogens is 5. The summed E-state index contributed by atoms with van der Waals surface area (Å²) >= 11 is 12.0. The highest BCUT2D eigenvalue weighted by Gasteiger charge is 2.43. The summed E-state index contributed by atoms with van der Waals surface area (Å²) in [7, 11) is 0. The lowest BCUT2D eigenvalue weighted by Gasteiger charge is -2.38. The molecule has 0 radical (unpaired) electrons. The molecule has 1 saturated carbocycles. The van der Waals surface area contributed by atoms with Crippen LogP contribution in [0.5, 0.6) is 11.8 Å². The highest BCUT2D eigenvalue weighted by molar-refractivity contribution is 6.30. The summed E-state index contributed by atoms with van der Waals surface area (Å²) in [5.41, 5.74) is 0. The number of anilines is 2. The number of benzene rings is 1. The number of piperidine rings is 1. The normalized spacial score (nSPS) is 22.1. The van der Waals surface area contributed by atoms with Gasteiger partial charge in [0.05, 0.1) is 0 Å². The summed E-state index contributed by atoms with van der Waals surface area (Å²) in [4.78, 5) is 14.6. The highest BCUT2D eigenvalue weighted by Crippen LogP contribution is 2.40. The Hall–Kier alpha value is -2.79. The SMILES string of the molecule is FC(F)(F)Cn1nc(N[C@@H]2[C@@H]3CC[C@H]2CN(c2cc(Cl)ncn2)C3)nc1Oc1cccc(Cl)c1. The summed E-state index contributed by atoms with van der Waals surface area (Å²) in [6, 6.07) is 7.85. The van der Waals surface area contributed by atoms with E-state index in [1.54, 1.807) is 24.3 Å². The molecule has 0 amide bonds. The fraction of sp³-hybridized carbons (Fsp3) is 0.429. The lowest BCUT2D eigenvalue weighted by Crippen LogP contribution is -2.48. The van der Waals surface area contributed by atoms with Crippen molar-refractivity contribution in [3.8, 4) is 11.8 Å². The van der Waals surface area contributed by atoms with Crippen molar-refractivity contribution in [3.05, 3.63) is 46.8 Å². The van der Waals surface area contributed by atoms with Crippen LogP contribution in [0, 0.1) is 11.8 Å². The average molecular weight is 514 g/mol. The number of hydrogen-bond acceptors (Lipinski definition) is 7. The van der Waals surface area contributed by atoms with Crippen molar-refractivity contribution >= 4 is 35.0 Å². The quantitative estimate of drug-likeness (QED) is 0.461. The molecule has 1 aliphatic heterocycles. The Morgan fingerprint density at radius 1 is 1.09 bits per heavy atom. The van der Waals surface area contributed by atoms with Crippen LogP contribution in [0.15, 0.2) is 36.7 Å². The molecule has 2 aliphatic rings. The van der Waals surface area contributed by atoms with E-state index in [9.17, 15) is 13.2 Å². The third-order valence-corrected chi connectivity index (χ3v) is 6.49. The van der Waals surface area contributed by atoms with Crippen molar-refractivity contribution in [3.63, 3.8) is 0 Å². The Kier molecular flexibility index (Phi) is 6.15. The molecule has 1 aromatic carbocycles. The number of rotatable bonds is 6. The van der Waals surface area contributed by atoms with E-state index in [1.165, 1.54) is 12.4 Å². The van der Waals surface area contributed by atoms with Gasteiger partial charge in [-0.2, -0.15) is 18.2 Å². The maximum atomic E-state index is 13.1. The van der Waals surface area contributed by atoms with Crippen molar-refractivity contribution in [2.45, 2.75) is 31.6 Å². The second kappa shape index (κ2) is 9.10. The topological polar surface area (TPSA) is 81.0 Å². The number of halogens is 5. The van der Waals surface area contributed by atoms with Gasteiger partial charge in [0.25, 0.3) is 0 Å². The van der Waals surface area contributed by atoms with E-state index in [4.69, 9.17) is 27.9 Å². The molecule has 1 aliphatic carbocycles. The molecular formula is C21H20Cl2F3N7O. The van der Waals surface area contributed by atoms with Crippen LogP contribution in [0.3, 0.4) is 0 Å². The van der Waals surface area contributed by atoms with Crippen molar-refractivity contribution < 1.29 is 17.9 Å². The molecule has 1 N–H and O–H groups in total. The Balaban J connectivity index is 1.34. The van der Waals surface area contributed by atoms with Gasteiger partial charge in [-0.25, -0.2) is 14.6 Å². The summed E-state index contributed by atoms with van der Waals surface area (Å²) in [6.07, 6.45) is -1.09. The van der Waals surface area contributed by atoms with Gasteiger partial charge in [-0.05, 0) is 42.9 Å². The molecule has 0 spiro atoms. The zero-order valence-electron chi connectivity index (χ0n) is 17.7. The molecule has 8 nitrogen and oxygen atoms in total. The number of ether oxygens (including phenoxy) is 1. The van der Waals surface area contributed by atoms with Gasteiger partial charge < -0.3 is 15.0 Å². The summed E-state index contributed by atoms with van der Waals surface area (Å²) in [5.74, 6) is 1.63. The first-order valence-electron chi connectivity index (χ1n) is 10.7. The third kappa shape index (κ3) is 5.15. The van der Waals surface area contributed by atoms with Crippen molar-refractivity contribution in [1.82, 2.24) is 24.7 Å². The molecule has 180 valence electrons. The van der Waals surface area contributed by atoms with Crippen LogP contribution < -0.4 is 15.0 Å². The van der Waals surface area contributed by atoms with E-state index in [0.717, 1.165) is 31.7 Å². The van der Waals surface area contributed by atoms with Crippen LogP contribution in [-0.4, -0.2) is 50.0 Å². The van der Waals surface area contributed by atoms with Crippen LogP contribution >= 0.6 is 23.2 Å². The maximum absolute atomic E-state index is 13.1. The monoisotopic (exact) mass is 513 g/mol. The number of hydrogen-bond donors (Lipinski definition) is 1. The molecular weight excluding hydrogens is 494 g/mol. The molecule has 3 aromatic rings. The van der Waals surface area contributed by atoms with E-state index in [1.807, 2.05) is 0 Å². The third-order valence-electron chi connectivity index (χ3n) is 6.04. The first-order valence-corrected chi connectivity index (χ1v) is 11.4. The summed E-state index contributed by atoms with van der Waals surface area (Å²) < 4.78 is 45.7.